The lowest BCUT2D eigenvalue weighted by Gasteiger charge is -2.33. The summed E-state index contributed by atoms with van der Waals surface area (Å²) in [6.07, 6.45) is 3.02. The smallest absolute Gasteiger partial charge is 0.243 e. The Morgan fingerprint density at radius 3 is 2.50 bits per heavy atom. The molecule has 2 aromatic rings. The Balaban J connectivity index is 1.33. The van der Waals surface area contributed by atoms with Gasteiger partial charge in [-0.25, -0.2) is 12.8 Å². The van der Waals surface area contributed by atoms with Crippen LogP contribution >= 0.6 is 15.9 Å². The zero-order chi connectivity index (χ0) is 21.3. The van der Waals surface area contributed by atoms with Gasteiger partial charge in [-0.15, -0.1) is 0 Å². The molecule has 1 aliphatic carbocycles. The topological polar surface area (TPSA) is 69.7 Å². The Morgan fingerprint density at radius 2 is 1.77 bits per heavy atom. The number of anilines is 1. The van der Waals surface area contributed by atoms with Gasteiger partial charge in [-0.2, -0.15) is 4.31 Å². The number of nitrogens with one attached hydrogen (secondary N) is 1. The number of fused-ring (bicyclic) bond motifs is 1. The second kappa shape index (κ2) is 8.74. The minimum atomic E-state index is -3.54. The van der Waals surface area contributed by atoms with E-state index in [1.807, 2.05) is 17.0 Å². The molecule has 2 aromatic carbocycles. The van der Waals surface area contributed by atoms with E-state index in [4.69, 9.17) is 0 Å². The van der Waals surface area contributed by atoms with E-state index < -0.39 is 15.8 Å². The number of carbonyl (C=O) groups is 1. The molecular formula is C21H23BrFN3O3S. The van der Waals surface area contributed by atoms with Gasteiger partial charge in [0, 0.05) is 30.7 Å². The summed E-state index contributed by atoms with van der Waals surface area (Å²) in [5.41, 5.74) is 2.50. The third-order valence-corrected chi connectivity index (χ3v) is 8.00. The van der Waals surface area contributed by atoms with Crippen LogP contribution in [-0.4, -0.2) is 56.3 Å². The molecule has 0 spiro atoms. The van der Waals surface area contributed by atoms with Gasteiger partial charge in [0.1, 0.15) is 5.82 Å². The Labute approximate surface area is 184 Å². The van der Waals surface area contributed by atoms with Crippen LogP contribution in [0.5, 0.6) is 0 Å². The molecule has 0 unspecified atom stereocenters. The standard InChI is InChI=1S/C21H23BrFN3O3S/c22-17-5-7-20(19(23)13-17)24-21(27)14-25-8-10-26(11-9-25)30(28,29)18-6-4-15-2-1-3-16(15)12-18/h4-7,12-13H,1-3,8-11,14H2,(H,24,27). The molecule has 0 radical (unpaired) electrons. The van der Waals surface area contributed by atoms with Crippen molar-refractivity contribution in [3.05, 3.63) is 57.8 Å². The predicted octanol–water partition coefficient (Wildman–Crippen LogP) is 3.02. The van der Waals surface area contributed by atoms with Crippen molar-refractivity contribution in [3.63, 3.8) is 0 Å². The SMILES string of the molecule is O=C(CN1CCN(S(=O)(=O)c2ccc3c(c2)CCC3)CC1)Nc1ccc(Br)cc1F. The van der Waals surface area contributed by atoms with Crippen molar-refractivity contribution in [2.45, 2.75) is 24.2 Å². The van der Waals surface area contributed by atoms with E-state index in [0.717, 1.165) is 24.8 Å². The molecule has 1 heterocycles. The molecule has 1 fully saturated rings. The molecule has 4 rings (SSSR count). The maximum absolute atomic E-state index is 13.9. The lowest BCUT2D eigenvalue weighted by molar-refractivity contribution is -0.117. The molecule has 30 heavy (non-hydrogen) atoms. The number of rotatable bonds is 5. The summed E-state index contributed by atoms with van der Waals surface area (Å²) in [6, 6.07) is 9.88. The summed E-state index contributed by atoms with van der Waals surface area (Å²) in [7, 11) is -3.54. The molecule has 9 heteroatoms. The minimum absolute atomic E-state index is 0.0856. The number of hydrogen-bond acceptors (Lipinski definition) is 4. The van der Waals surface area contributed by atoms with Gasteiger partial charge in [0.25, 0.3) is 0 Å². The maximum atomic E-state index is 13.9. The highest BCUT2D eigenvalue weighted by Crippen LogP contribution is 2.27. The molecule has 160 valence electrons. The Morgan fingerprint density at radius 1 is 1.03 bits per heavy atom. The summed E-state index contributed by atoms with van der Waals surface area (Å²) < 4.78 is 42.0. The number of carbonyl (C=O) groups excluding carboxylic acids is 1. The average molecular weight is 496 g/mol. The largest absolute Gasteiger partial charge is 0.322 e. The van der Waals surface area contributed by atoms with Crippen molar-refractivity contribution < 1.29 is 17.6 Å². The highest BCUT2D eigenvalue weighted by Gasteiger charge is 2.30. The van der Waals surface area contributed by atoms with Crippen LogP contribution in [0, 0.1) is 5.82 Å². The van der Waals surface area contributed by atoms with Crippen LogP contribution in [0.25, 0.3) is 0 Å². The summed E-state index contributed by atoms with van der Waals surface area (Å²) in [5.74, 6) is -0.839. The van der Waals surface area contributed by atoms with E-state index >= 15 is 0 Å². The minimum Gasteiger partial charge on any atom is -0.322 e. The first-order valence-electron chi connectivity index (χ1n) is 9.92. The first-order chi connectivity index (χ1) is 14.3. The molecule has 1 aliphatic heterocycles. The predicted molar refractivity (Wildman–Crippen MR) is 116 cm³/mol. The first-order valence-corrected chi connectivity index (χ1v) is 12.2. The van der Waals surface area contributed by atoms with Crippen LogP contribution in [0.1, 0.15) is 17.5 Å². The zero-order valence-electron chi connectivity index (χ0n) is 16.4. The lowest BCUT2D eigenvalue weighted by atomic mass is 10.1. The van der Waals surface area contributed by atoms with Crippen LogP contribution in [0.15, 0.2) is 45.8 Å². The maximum Gasteiger partial charge on any atom is 0.243 e. The van der Waals surface area contributed by atoms with Gasteiger partial charge in [-0.3, -0.25) is 9.69 Å². The fourth-order valence-electron chi connectivity index (χ4n) is 3.97. The normalized spacial score (nSPS) is 17.7. The number of hydrogen-bond donors (Lipinski definition) is 1. The van der Waals surface area contributed by atoms with E-state index in [1.54, 1.807) is 12.1 Å². The van der Waals surface area contributed by atoms with Crippen molar-refractivity contribution in [1.29, 1.82) is 0 Å². The molecule has 6 nitrogen and oxygen atoms in total. The molecule has 0 saturated carbocycles. The van der Waals surface area contributed by atoms with E-state index in [-0.39, 0.29) is 18.1 Å². The van der Waals surface area contributed by atoms with Crippen LogP contribution < -0.4 is 5.32 Å². The monoisotopic (exact) mass is 495 g/mol. The van der Waals surface area contributed by atoms with Crippen LogP contribution in [0.4, 0.5) is 10.1 Å². The Bertz CT molecular complexity index is 1070. The third kappa shape index (κ3) is 4.59. The van der Waals surface area contributed by atoms with E-state index in [0.29, 0.717) is 35.5 Å². The van der Waals surface area contributed by atoms with Crippen molar-refractivity contribution >= 4 is 37.5 Å². The molecule has 0 atom stereocenters. The summed E-state index contributed by atoms with van der Waals surface area (Å²) in [5, 5.41) is 2.57. The summed E-state index contributed by atoms with van der Waals surface area (Å²) >= 11 is 3.18. The fourth-order valence-corrected chi connectivity index (χ4v) is 5.78. The van der Waals surface area contributed by atoms with Crippen molar-refractivity contribution in [2.75, 3.05) is 38.0 Å². The number of amides is 1. The van der Waals surface area contributed by atoms with Crippen molar-refractivity contribution in [2.24, 2.45) is 0 Å². The highest BCUT2D eigenvalue weighted by molar-refractivity contribution is 9.10. The van der Waals surface area contributed by atoms with Gasteiger partial charge in [-0.1, -0.05) is 22.0 Å². The number of sulfonamides is 1. The number of nitrogens with zero attached hydrogens (tertiary/aromatic N) is 2. The number of piperazine rings is 1. The van der Waals surface area contributed by atoms with Crippen LogP contribution in [0.3, 0.4) is 0 Å². The number of benzene rings is 2. The third-order valence-electron chi connectivity index (χ3n) is 5.61. The number of halogens is 2. The Hall–Kier alpha value is -1.81. The van der Waals surface area contributed by atoms with E-state index in [9.17, 15) is 17.6 Å². The molecular weight excluding hydrogens is 473 g/mol. The second-order valence-electron chi connectivity index (χ2n) is 7.64. The Kier molecular flexibility index (Phi) is 6.24. The van der Waals surface area contributed by atoms with Crippen LogP contribution in [0.2, 0.25) is 0 Å². The van der Waals surface area contributed by atoms with Gasteiger partial charge in [0.05, 0.1) is 17.1 Å². The van der Waals surface area contributed by atoms with Crippen molar-refractivity contribution in [1.82, 2.24) is 9.21 Å². The first kappa shape index (κ1) is 21.4. The van der Waals surface area contributed by atoms with Gasteiger partial charge < -0.3 is 5.32 Å². The molecule has 2 aliphatic rings. The fraction of sp³-hybridized carbons (Fsp3) is 0.381. The molecule has 1 N–H and O–H groups in total. The van der Waals surface area contributed by atoms with Gasteiger partial charge in [0.15, 0.2) is 0 Å². The van der Waals surface area contributed by atoms with E-state index in [1.165, 1.54) is 22.0 Å². The molecule has 0 bridgehead atoms. The molecule has 1 amide bonds. The lowest BCUT2D eigenvalue weighted by Crippen LogP contribution is -2.50. The van der Waals surface area contributed by atoms with Crippen LogP contribution in [-0.2, 0) is 27.7 Å². The second-order valence-corrected chi connectivity index (χ2v) is 10.5. The van der Waals surface area contributed by atoms with E-state index in [2.05, 4.69) is 21.2 Å². The zero-order valence-corrected chi connectivity index (χ0v) is 18.8. The van der Waals surface area contributed by atoms with Gasteiger partial charge in [-0.05, 0) is 60.7 Å². The molecule has 0 aromatic heterocycles. The summed E-state index contributed by atoms with van der Waals surface area (Å²) in [6.45, 7) is 1.61. The quantitative estimate of drug-likeness (QED) is 0.691. The van der Waals surface area contributed by atoms with Gasteiger partial charge >= 0.3 is 0 Å². The van der Waals surface area contributed by atoms with Gasteiger partial charge in [0.2, 0.25) is 15.9 Å². The summed E-state index contributed by atoms with van der Waals surface area (Å²) in [4.78, 5) is 14.5. The molecule has 1 saturated heterocycles. The average Bonchev–Trinajstić information content (AvgIpc) is 3.18. The highest BCUT2D eigenvalue weighted by atomic mass is 79.9. The van der Waals surface area contributed by atoms with Crippen molar-refractivity contribution in [3.8, 4) is 0 Å². The number of aryl methyl sites for hydroxylation is 2.